The highest BCUT2D eigenvalue weighted by atomic mass is 32.2. The van der Waals surface area contributed by atoms with Gasteiger partial charge in [0.1, 0.15) is 0 Å². The molecule has 1 fully saturated rings. The average molecular weight is 466 g/mol. The maximum atomic E-state index is 12.4. The summed E-state index contributed by atoms with van der Waals surface area (Å²) in [5, 5.41) is 6.67. The molecule has 0 unspecified atom stereocenters. The van der Waals surface area contributed by atoms with Crippen molar-refractivity contribution in [3.05, 3.63) is 65.7 Å². The summed E-state index contributed by atoms with van der Waals surface area (Å²) >= 11 is 0. The van der Waals surface area contributed by atoms with Crippen LogP contribution < -0.4 is 10.6 Å². The second-order valence-corrected chi connectivity index (χ2v) is 9.01. The van der Waals surface area contributed by atoms with Gasteiger partial charge in [-0.25, -0.2) is 4.79 Å². The Labute approximate surface area is 191 Å². The Morgan fingerprint density at radius 3 is 2.03 bits per heavy atom. The van der Waals surface area contributed by atoms with E-state index in [1.807, 2.05) is 43.9 Å². The van der Waals surface area contributed by atoms with Crippen molar-refractivity contribution in [3.8, 4) is 0 Å². The summed E-state index contributed by atoms with van der Waals surface area (Å²) < 4.78 is 29.6. The lowest BCUT2D eigenvalue weighted by Crippen LogP contribution is -2.55. The maximum Gasteiger partial charge on any atom is 0.318 e. The van der Waals surface area contributed by atoms with Crippen molar-refractivity contribution in [1.29, 1.82) is 0 Å². The smallest absolute Gasteiger partial charge is 0.318 e. The number of rotatable bonds is 5. The van der Waals surface area contributed by atoms with E-state index in [1.165, 1.54) is 17.7 Å². The molecule has 0 radical (unpaired) electrons. The van der Waals surface area contributed by atoms with Crippen LogP contribution in [0.5, 0.6) is 0 Å². The van der Waals surface area contributed by atoms with Gasteiger partial charge in [0.2, 0.25) is 0 Å². The van der Waals surface area contributed by atoms with Crippen molar-refractivity contribution < 1.29 is 23.2 Å². The first-order chi connectivity index (χ1) is 14.7. The molecule has 0 aliphatic carbocycles. The van der Waals surface area contributed by atoms with E-state index in [1.54, 1.807) is 12.1 Å². The van der Waals surface area contributed by atoms with E-state index in [2.05, 4.69) is 22.8 Å². The fourth-order valence-electron chi connectivity index (χ4n) is 3.60. The summed E-state index contributed by atoms with van der Waals surface area (Å²) in [7, 11) is -4.02. The number of carbonyl (C=O) groups is 1. The Balaban J connectivity index is 0.000000364. The fourth-order valence-corrected chi connectivity index (χ4v) is 4.08. The van der Waals surface area contributed by atoms with E-state index in [0.29, 0.717) is 0 Å². The molecule has 2 aromatic rings. The van der Waals surface area contributed by atoms with E-state index in [-0.39, 0.29) is 21.9 Å². The second-order valence-electron chi connectivity index (χ2n) is 7.59. The molecule has 2 amide bonds. The minimum Gasteiger partial charge on any atom is -0.412 e. The van der Waals surface area contributed by atoms with Gasteiger partial charge in [-0.3, -0.25) is 4.55 Å². The number of nitrogens with zero attached hydrogens (tertiary/aromatic N) is 1. The standard InChI is InChI=1S/C16H25N3O.C7H8O3S.H2O/c1-3-19(4-2)15(20)18-16(10-12-17-13-11-16)14-8-6-5-7-9-14;1-6-2-4-7(5-3-6)11(8,9)10;/h5-9,17H,3-4,10-13H2,1-2H3,(H,18,20);2-5H,1H3,(H,8,9,10);1H2. The third kappa shape index (κ3) is 7.59. The predicted molar refractivity (Wildman–Crippen MR) is 126 cm³/mol. The van der Waals surface area contributed by atoms with Gasteiger partial charge in [-0.05, 0) is 64.4 Å². The lowest BCUT2D eigenvalue weighted by molar-refractivity contribution is 0.174. The van der Waals surface area contributed by atoms with Gasteiger partial charge in [-0.2, -0.15) is 8.42 Å². The molecule has 0 bridgehead atoms. The molecule has 1 aliphatic rings. The van der Waals surface area contributed by atoms with Gasteiger partial charge in [-0.15, -0.1) is 0 Å². The molecule has 8 nitrogen and oxygen atoms in total. The Kier molecular flexibility index (Phi) is 10.8. The van der Waals surface area contributed by atoms with Crippen LogP contribution in [0.2, 0.25) is 0 Å². The van der Waals surface area contributed by atoms with Gasteiger partial charge in [0, 0.05) is 13.1 Å². The molecule has 178 valence electrons. The molecule has 1 heterocycles. The Morgan fingerprint density at radius 2 is 1.56 bits per heavy atom. The number of carbonyl (C=O) groups excluding carboxylic acids is 1. The van der Waals surface area contributed by atoms with Crippen molar-refractivity contribution in [2.24, 2.45) is 0 Å². The van der Waals surface area contributed by atoms with Crippen LogP contribution in [0, 0.1) is 6.92 Å². The average Bonchev–Trinajstić information content (AvgIpc) is 2.76. The number of urea groups is 1. The number of amides is 2. The van der Waals surface area contributed by atoms with Crippen LogP contribution >= 0.6 is 0 Å². The zero-order valence-corrected chi connectivity index (χ0v) is 19.8. The van der Waals surface area contributed by atoms with E-state index < -0.39 is 10.1 Å². The first kappa shape index (κ1) is 27.6. The third-order valence-corrected chi connectivity index (χ3v) is 6.37. The summed E-state index contributed by atoms with van der Waals surface area (Å²) in [5.41, 5.74) is 1.94. The quantitative estimate of drug-likeness (QED) is 0.585. The number of hydrogen-bond donors (Lipinski definition) is 3. The zero-order chi connectivity index (χ0) is 22.9. The molecule has 2 aromatic carbocycles. The summed E-state index contributed by atoms with van der Waals surface area (Å²) in [6.07, 6.45) is 1.87. The van der Waals surface area contributed by atoms with Gasteiger partial charge in [0.15, 0.2) is 0 Å². The zero-order valence-electron chi connectivity index (χ0n) is 19.0. The monoisotopic (exact) mass is 465 g/mol. The highest BCUT2D eigenvalue weighted by Crippen LogP contribution is 2.30. The van der Waals surface area contributed by atoms with Crippen LogP contribution in [0.4, 0.5) is 4.79 Å². The van der Waals surface area contributed by atoms with Crippen molar-refractivity contribution in [2.75, 3.05) is 26.2 Å². The predicted octanol–water partition coefficient (Wildman–Crippen LogP) is 2.73. The molecule has 9 heteroatoms. The first-order valence-electron chi connectivity index (χ1n) is 10.6. The maximum absolute atomic E-state index is 12.4. The summed E-state index contributed by atoms with van der Waals surface area (Å²) in [4.78, 5) is 14.2. The number of aryl methyl sites for hydroxylation is 1. The van der Waals surface area contributed by atoms with Gasteiger partial charge >= 0.3 is 6.03 Å². The highest BCUT2D eigenvalue weighted by molar-refractivity contribution is 7.85. The van der Waals surface area contributed by atoms with Crippen LogP contribution in [-0.4, -0.2) is 55.6 Å². The molecular formula is C23H35N3O5S. The van der Waals surface area contributed by atoms with E-state index in [4.69, 9.17) is 4.55 Å². The lowest BCUT2D eigenvalue weighted by Gasteiger charge is -2.40. The Morgan fingerprint density at radius 1 is 1.03 bits per heavy atom. The topological polar surface area (TPSA) is 130 Å². The molecule has 1 aliphatic heterocycles. The normalized spacial score (nSPS) is 14.9. The summed E-state index contributed by atoms with van der Waals surface area (Å²) in [5.74, 6) is 0. The molecular weight excluding hydrogens is 430 g/mol. The van der Waals surface area contributed by atoms with E-state index in [9.17, 15) is 13.2 Å². The number of piperidine rings is 1. The minimum atomic E-state index is -4.02. The molecule has 0 aromatic heterocycles. The van der Waals surface area contributed by atoms with Crippen LogP contribution in [0.15, 0.2) is 59.5 Å². The van der Waals surface area contributed by atoms with Gasteiger partial charge in [0.25, 0.3) is 10.1 Å². The van der Waals surface area contributed by atoms with Gasteiger partial charge in [-0.1, -0.05) is 48.0 Å². The first-order valence-corrected chi connectivity index (χ1v) is 12.0. The van der Waals surface area contributed by atoms with Crippen LogP contribution in [0.25, 0.3) is 0 Å². The lowest BCUT2D eigenvalue weighted by atomic mass is 9.81. The molecule has 0 atom stereocenters. The minimum absolute atomic E-state index is 0. The SMILES string of the molecule is CCN(CC)C(=O)NC1(c2ccccc2)CCNCC1.Cc1ccc(S(=O)(=O)O)cc1.O. The fraction of sp³-hybridized carbons (Fsp3) is 0.435. The highest BCUT2D eigenvalue weighted by Gasteiger charge is 2.36. The van der Waals surface area contributed by atoms with E-state index >= 15 is 0 Å². The number of hydrogen-bond acceptors (Lipinski definition) is 4. The molecule has 32 heavy (non-hydrogen) atoms. The molecule has 0 spiro atoms. The van der Waals surface area contributed by atoms with Crippen LogP contribution in [0.3, 0.4) is 0 Å². The number of benzene rings is 2. The van der Waals surface area contributed by atoms with Crippen LogP contribution in [0.1, 0.15) is 37.8 Å². The molecule has 3 rings (SSSR count). The summed E-state index contributed by atoms with van der Waals surface area (Å²) in [6.45, 7) is 9.23. The Hall–Kier alpha value is -2.46. The van der Waals surface area contributed by atoms with E-state index in [0.717, 1.165) is 44.6 Å². The molecule has 1 saturated heterocycles. The van der Waals surface area contributed by atoms with Crippen molar-refractivity contribution in [3.63, 3.8) is 0 Å². The Bertz CT molecular complexity index is 924. The van der Waals surface area contributed by atoms with Crippen molar-refractivity contribution in [1.82, 2.24) is 15.5 Å². The number of nitrogens with one attached hydrogen (secondary N) is 2. The van der Waals surface area contributed by atoms with Gasteiger partial charge in [0.05, 0.1) is 10.4 Å². The second kappa shape index (κ2) is 12.5. The third-order valence-electron chi connectivity index (χ3n) is 5.50. The van der Waals surface area contributed by atoms with Crippen molar-refractivity contribution >= 4 is 16.1 Å². The van der Waals surface area contributed by atoms with Gasteiger partial charge < -0.3 is 21.0 Å². The molecule has 0 saturated carbocycles. The largest absolute Gasteiger partial charge is 0.412 e. The molecule has 5 N–H and O–H groups in total. The van der Waals surface area contributed by atoms with Crippen LogP contribution in [-0.2, 0) is 15.7 Å². The van der Waals surface area contributed by atoms with Crippen molar-refractivity contribution in [2.45, 2.75) is 44.0 Å². The summed E-state index contributed by atoms with van der Waals surface area (Å²) in [6, 6.07) is 16.4.